The van der Waals surface area contributed by atoms with Crippen molar-refractivity contribution in [3.8, 4) is 73.9 Å². The monoisotopic (exact) mass is 638 g/mol. The molecule has 0 aliphatic heterocycles. The maximum Gasteiger partial charge on any atom is 0.196 e. The molecule has 6 nitrogen and oxygen atoms in total. The van der Waals surface area contributed by atoms with Crippen molar-refractivity contribution in [1.82, 2.24) is 19.9 Å². The molecule has 0 aliphatic rings. The summed E-state index contributed by atoms with van der Waals surface area (Å²) >= 11 is 0. The van der Waals surface area contributed by atoms with Gasteiger partial charge in [-0.3, -0.25) is 0 Å². The van der Waals surface area contributed by atoms with Crippen LogP contribution in [0.3, 0.4) is 0 Å². The Kier molecular flexibility index (Phi) is 7.87. The molecule has 0 saturated heterocycles. The molecule has 8 aromatic rings. The lowest BCUT2D eigenvalue weighted by Crippen LogP contribution is -1.99. The third-order valence-electron chi connectivity index (χ3n) is 8.62. The van der Waals surface area contributed by atoms with Crippen molar-refractivity contribution in [3.63, 3.8) is 0 Å². The first-order valence-electron chi connectivity index (χ1n) is 16.1. The minimum absolute atomic E-state index is 0.528. The molecule has 6 aromatic carbocycles. The van der Waals surface area contributed by atoms with E-state index in [1.807, 2.05) is 140 Å². The molecule has 0 atom stereocenters. The van der Waals surface area contributed by atoms with Crippen LogP contribution in [0.25, 0.3) is 83.4 Å². The summed E-state index contributed by atoms with van der Waals surface area (Å²) in [5.74, 6) is 1.09. The number of para-hydroxylation sites is 1. The van der Waals surface area contributed by atoms with Crippen LogP contribution >= 0.6 is 0 Å². The minimum atomic E-state index is 0.528. The van der Waals surface area contributed by atoms with E-state index < -0.39 is 0 Å². The van der Waals surface area contributed by atoms with Crippen LogP contribution in [0, 0.1) is 17.9 Å². The summed E-state index contributed by atoms with van der Waals surface area (Å²) in [6.45, 7) is 7.80. The van der Waals surface area contributed by atoms with E-state index in [2.05, 4.69) is 23.0 Å². The smallest absolute Gasteiger partial charge is 0.196 e. The highest BCUT2D eigenvalue weighted by Crippen LogP contribution is 2.37. The minimum Gasteiger partial charge on any atom is -0.237 e. The van der Waals surface area contributed by atoms with E-state index in [0.717, 1.165) is 55.5 Å². The summed E-state index contributed by atoms with van der Waals surface area (Å²) in [6.07, 6.45) is 0. The molecule has 0 saturated carbocycles. The average Bonchev–Trinajstić information content (AvgIpc) is 3.20. The fourth-order valence-corrected chi connectivity index (χ4v) is 6.22. The van der Waals surface area contributed by atoms with Crippen molar-refractivity contribution in [2.75, 3.05) is 0 Å². The third kappa shape index (κ3) is 5.64. The number of nitriles is 1. The zero-order valence-electron chi connectivity index (χ0n) is 26.7. The first-order valence-corrected chi connectivity index (χ1v) is 16.1. The highest BCUT2D eigenvalue weighted by molar-refractivity contribution is 6.03. The zero-order chi connectivity index (χ0) is 33.9. The van der Waals surface area contributed by atoms with Gasteiger partial charge in [0.2, 0.25) is 0 Å². The average molecular weight is 639 g/mol. The molecule has 232 valence electrons. The Balaban J connectivity index is 1.35. The van der Waals surface area contributed by atoms with Crippen LogP contribution in [0.5, 0.6) is 0 Å². The fraction of sp³-hybridized carbons (Fsp3) is 0. The lowest BCUT2D eigenvalue weighted by molar-refractivity contribution is 1.18. The largest absolute Gasteiger partial charge is 0.237 e. The molecule has 0 aliphatic carbocycles. The van der Waals surface area contributed by atoms with Crippen molar-refractivity contribution >= 4 is 16.5 Å². The van der Waals surface area contributed by atoms with Gasteiger partial charge in [-0.15, -0.1) is 0 Å². The predicted octanol–water partition coefficient (Wildman–Crippen LogP) is 10.8. The summed E-state index contributed by atoms with van der Waals surface area (Å²) in [7, 11) is 0. The molecular formula is C44H26N6. The molecule has 50 heavy (non-hydrogen) atoms. The van der Waals surface area contributed by atoms with Crippen molar-refractivity contribution in [2.45, 2.75) is 0 Å². The standard InChI is InChI=1S/C44H26N6/c1-46-38-25-11-10-20-37(38)42-27-40(30-16-6-3-7-17-30)48-44(50-42)36-24-13-21-33-34(36)22-12-23-35(33)43-47-39(29-14-4-2-5-15-29)26-41(49-43)32-19-9-8-18-31(32)28-45/h2-27H. The van der Waals surface area contributed by atoms with E-state index in [4.69, 9.17) is 26.5 Å². The normalized spacial score (nSPS) is 10.8. The van der Waals surface area contributed by atoms with Crippen LogP contribution in [0.15, 0.2) is 158 Å². The van der Waals surface area contributed by atoms with Gasteiger partial charge in [0.25, 0.3) is 0 Å². The summed E-state index contributed by atoms with van der Waals surface area (Å²) in [5, 5.41) is 11.8. The Bertz CT molecular complexity index is 2430. The van der Waals surface area contributed by atoms with Gasteiger partial charge in [0.05, 0.1) is 41.0 Å². The van der Waals surface area contributed by atoms with E-state index in [9.17, 15) is 5.26 Å². The zero-order valence-corrected chi connectivity index (χ0v) is 26.7. The fourth-order valence-electron chi connectivity index (χ4n) is 6.22. The van der Waals surface area contributed by atoms with Crippen LogP contribution < -0.4 is 0 Å². The lowest BCUT2D eigenvalue weighted by atomic mass is 9.97. The van der Waals surface area contributed by atoms with Gasteiger partial charge in [0, 0.05) is 33.4 Å². The van der Waals surface area contributed by atoms with E-state index in [0.29, 0.717) is 34.3 Å². The summed E-state index contributed by atoms with van der Waals surface area (Å²) in [4.78, 5) is 24.1. The molecule has 8 rings (SSSR count). The number of benzene rings is 6. The maximum absolute atomic E-state index is 9.93. The Morgan fingerprint density at radius 1 is 0.440 bits per heavy atom. The topological polar surface area (TPSA) is 79.7 Å². The van der Waals surface area contributed by atoms with E-state index in [1.165, 1.54) is 0 Å². The second kappa shape index (κ2) is 13.1. The summed E-state index contributed by atoms with van der Waals surface area (Å²) < 4.78 is 0. The molecule has 0 bridgehead atoms. The molecule has 6 heteroatoms. The first kappa shape index (κ1) is 30.1. The maximum atomic E-state index is 9.93. The number of hydrogen-bond donors (Lipinski definition) is 0. The Hall–Kier alpha value is -7.28. The number of rotatable bonds is 6. The van der Waals surface area contributed by atoms with Gasteiger partial charge in [-0.05, 0) is 29.0 Å². The van der Waals surface area contributed by atoms with Crippen LogP contribution in [0.4, 0.5) is 5.69 Å². The molecule has 0 N–H and O–H groups in total. The second-order valence-corrected chi connectivity index (χ2v) is 11.6. The van der Waals surface area contributed by atoms with Gasteiger partial charge in [0.1, 0.15) is 0 Å². The molecule has 2 aromatic heterocycles. The molecular weight excluding hydrogens is 613 g/mol. The van der Waals surface area contributed by atoms with Crippen LogP contribution in [0.2, 0.25) is 0 Å². The van der Waals surface area contributed by atoms with Crippen LogP contribution in [-0.4, -0.2) is 19.9 Å². The van der Waals surface area contributed by atoms with E-state index >= 15 is 0 Å². The molecule has 0 unspecified atom stereocenters. The molecule has 2 heterocycles. The highest BCUT2D eigenvalue weighted by Gasteiger charge is 2.18. The highest BCUT2D eigenvalue weighted by atomic mass is 14.9. The van der Waals surface area contributed by atoms with E-state index in [1.54, 1.807) is 6.07 Å². The third-order valence-corrected chi connectivity index (χ3v) is 8.62. The number of hydrogen-bond acceptors (Lipinski definition) is 5. The van der Waals surface area contributed by atoms with E-state index in [-0.39, 0.29) is 0 Å². The van der Waals surface area contributed by atoms with Gasteiger partial charge in [0.15, 0.2) is 17.3 Å². The molecule has 0 fully saturated rings. The summed E-state index contributed by atoms with van der Waals surface area (Å²) in [5.41, 5.74) is 9.02. The molecule has 0 spiro atoms. The van der Waals surface area contributed by atoms with Gasteiger partial charge >= 0.3 is 0 Å². The predicted molar refractivity (Wildman–Crippen MR) is 199 cm³/mol. The summed E-state index contributed by atoms with van der Waals surface area (Å²) in [6, 6.07) is 53.4. The second-order valence-electron chi connectivity index (χ2n) is 11.6. The van der Waals surface area contributed by atoms with Crippen LogP contribution in [0.1, 0.15) is 5.56 Å². The van der Waals surface area contributed by atoms with Crippen LogP contribution in [-0.2, 0) is 0 Å². The Morgan fingerprint density at radius 3 is 1.42 bits per heavy atom. The number of nitrogens with zero attached hydrogens (tertiary/aromatic N) is 6. The SMILES string of the molecule is [C-]#[N+]c1ccccc1-c1cc(-c2ccccc2)nc(-c2cccc3c(-c4nc(-c5ccccc5)cc(-c5ccccc5C#N)n4)cccc23)n1. The van der Waals surface area contributed by atoms with Crippen molar-refractivity contribution < 1.29 is 0 Å². The van der Waals surface area contributed by atoms with Crippen molar-refractivity contribution in [3.05, 3.63) is 175 Å². The molecule has 0 radical (unpaired) electrons. The van der Waals surface area contributed by atoms with Crippen molar-refractivity contribution in [1.29, 1.82) is 5.26 Å². The lowest BCUT2D eigenvalue weighted by Gasteiger charge is -2.14. The van der Waals surface area contributed by atoms with Crippen molar-refractivity contribution in [2.24, 2.45) is 0 Å². The Morgan fingerprint density at radius 2 is 0.880 bits per heavy atom. The number of fused-ring (bicyclic) bond motifs is 1. The van der Waals surface area contributed by atoms with Gasteiger partial charge in [-0.25, -0.2) is 24.8 Å². The van der Waals surface area contributed by atoms with Gasteiger partial charge < -0.3 is 0 Å². The number of aromatic nitrogens is 4. The molecule has 0 amide bonds. The Labute approximate surface area is 289 Å². The van der Waals surface area contributed by atoms with Gasteiger partial charge in [-0.2, -0.15) is 5.26 Å². The first-order chi connectivity index (χ1) is 24.7. The van der Waals surface area contributed by atoms with Gasteiger partial charge in [-0.1, -0.05) is 140 Å². The quantitative estimate of drug-likeness (QED) is 0.169.